The van der Waals surface area contributed by atoms with Gasteiger partial charge in [-0.1, -0.05) is 11.6 Å². The Kier molecular flexibility index (Phi) is 2.97. The Morgan fingerprint density at radius 2 is 1.88 bits per heavy atom. The van der Waals surface area contributed by atoms with E-state index >= 15 is 0 Å². The summed E-state index contributed by atoms with van der Waals surface area (Å²) in [4.78, 5) is 19.6. The van der Waals surface area contributed by atoms with Crippen molar-refractivity contribution in [2.45, 2.75) is 6.92 Å². The second-order valence-corrected chi connectivity index (χ2v) is 3.83. The lowest BCUT2D eigenvalue weighted by Gasteiger charge is -2.02. The predicted molar refractivity (Wildman–Crippen MR) is 61.7 cm³/mol. The lowest BCUT2D eigenvalue weighted by atomic mass is 10.0. The van der Waals surface area contributed by atoms with Crippen molar-refractivity contribution in [2.75, 3.05) is 0 Å². The van der Waals surface area contributed by atoms with Gasteiger partial charge in [-0.2, -0.15) is 0 Å². The Morgan fingerprint density at radius 3 is 2.50 bits per heavy atom. The van der Waals surface area contributed by atoms with Gasteiger partial charge >= 0.3 is 0 Å². The Balaban J connectivity index is 2.39. The highest BCUT2D eigenvalue weighted by Crippen LogP contribution is 2.18. The second kappa shape index (κ2) is 4.41. The number of carbonyl (C=O) groups excluding carboxylic acids is 1. The molecular formula is C12H9ClN2O. The van der Waals surface area contributed by atoms with Gasteiger partial charge < -0.3 is 0 Å². The van der Waals surface area contributed by atoms with Crippen LogP contribution in [0.15, 0.2) is 36.9 Å². The van der Waals surface area contributed by atoms with E-state index in [1.807, 2.05) is 6.92 Å². The molecule has 1 aromatic heterocycles. The zero-order valence-corrected chi connectivity index (χ0v) is 9.40. The zero-order chi connectivity index (χ0) is 11.5. The number of nitrogens with zero attached hydrogens (tertiary/aromatic N) is 2. The number of aromatic nitrogens is 2. The Morgan fingerprint density at radius 1 is 1.19 bits per heavy atom. The van der Waals surface area contributed by atoms with Crippen LogP contribution in [0, 0.1) is 6.92 Å². The summed E-state index contributed by atoms with van der Waals surface area (Å²) in [5, 5.41) is 0.654. The molecule has 2 rings (SSSR count). The lowest BCUT2D eigenvalue weighted by molar-refractivity contribution is 0.103. The topological polar surface area (TPSA) is 42.9 Å². The van der Waals surface area contributed by atoms with E-state index in [2.05, 4.69) is 9.97 Å². The van der Waals surface area contributed by atoms with Gasteiger partial charge in [0.1, 0.15) is 6.33 Å². The SMILES string of the molecule is Cc1cc(C(=O)c2cncnc2)ccc1Cl. The first-order chi connectivity index (χ1) is 7.68. The van der Waals surface area contributed by atoms with Crippen LogP contribution < -0.4 is 0 Å². The van der Waals surface area contributed by atoms with Crippen molar-refractivity contribution in [3.63, 3.8) is 0 Å². The average molecular weight is 233 g/mol. The van der Waals surface area contributed by atoms with Gasteiger partial charge in [0.2, 0.25) is 0 Å². The quantitative estimate of drug-likeness (QED) is 0.748. The van der Waals surface area contributed by atoms with Crippen LogP contribution in [0.25, 0.3) is 0 Å². The summed E-state index contributed by atoms with van der Waals surface area (Å²) in [6.07, 6.45) is 4.39. The van der Waals surface area contributed by atoms with Crippen molar-refractivity contribution in [2.24, 2.45) is 0 Å². The van der Waals surface area contributed by atoms with Gasteiger partial charge in [0, 0.05) is 23.0 Å². The fourth-order valence-corrected chi connectivity index (χ4v) is 1.49. The van der Waals surface area contributed by atoms with E-state index in [9.17, 15) is 4.79 Å². The Hall–Kier alpha value is -1.74. The minimum absolute atomic E-state index is 0.0969. The third-order valence-electron chi connectivity index (χ3n) is 2.24. The second-order valence-electron chi connectivity index (χ2n) is 3.42. The van der Waals surface area contributed by atoms with Crippen LogP contribution in [0.4, 0.5) is 0 Å². The van der Waals surface area contributed by atoms with E-state index in [1.165, 1.54) is 18.7 Å². The molecule has 0 radical (unpaired) electrons. The van der Waals surface area contributed by atoms with Crippen LogP contribution in [0.3, 0.4) is 0 Å². The van der Waals surface area contributed by atoms with Crippen LogP contribution >= 0.6 is 11.6 Å². The van der Waals surface area contributed by atoms with E-state index in [1.54, 1.807) is 18.2 Å². The standard InChI is InChI=1S/C12H9ClN2O/c1-8-4-9(2-3-11(8)13)12(16)10-5-14-7-15-6-10/h2-7H,1H3. The maximum Gasteiger partial charge on any atom is 0.196 e. The molecule has 0 aliphatic carbocycles. The van der Waals surface area contributed by atoms with Gasteiger partial charge in [-0.15, -0.1) is 0 Å². The molecule has 0 spiro atoms. The third-order valence-corrected chi connectivity index (χ3v) is 2.67. The van der Waals surface area contributed by atoms with Gasteiger partial charge in [0.05, 0.1) is 5.56 Å². The van der Waals surface area contributed by atoms with Crippen molar-refractivity contribution in [1.29, 1.82) is 0 Å². The number of hydrogen-bond acceptors (Lipinski definition) is 3. The van der Waals surface area contributed by atoms with Gasteiger partial charge in [-0.25, -0.2) is 9.97 Å². The number of benzene rings is 1. The normalized spacial score (nSPS) is 10.1. The van der Waals surface area contributed by atoms with E-state index in [4.69, 9.17) is 11.6 Å². The summed E-state index contributed by atoms with van der Waals surface area (Å²) >= 11 is 5.90. The molecule has 1 heterocycles. The summed E-state index contributed by atoms with van der Waals surface area (Å²) in [6, 6.07) is 5.18. The molecule has 0 fully saturated rings. The van der Waals surface area contributed by atoms with Crippen LogP contribution in [0.5, 0.6) is 0 Å². The molecule has 1 aromatic carbocycles. The number of carbonyl (C=O) groups is 1. The van der Waals surface area contributed by atoms with Gasteiger partial charge in [0.25, 0.3) is 0 Å². The highest BCUT2D eigenvalue weighted by molar-refractivity contribution is 6.31. The smallest absolute Gasteiger partial charge is 0.196 e. The lowest BCUT2D eigenvalue weighted by Crippen LogP contribution is -2.02. The van der Waals surface area contributed by atoms with Crippen LogP contribution in [-0.4, -0.2) is 15.8 Å². The molecule has 0 N–H and O–H groups in total. The van der Waals surface area contributed by atoms with Crippen molar-refractivity contribution in [3.8, 4) is 0 Å². The van der Waals surface area contributed by atoms with Crippen LogP contribution in [0.1, 0.15) is 21.5 Å². The maximum atomic E-state index is 12.0. The van der Waals surface area contributed by atoms with Gasteiger partial charge in [-0.3, -0.25) is 4.79 Å². The molecule has 3 nitrogen and oxygen atoms in total. The van der Waals surface area contributed by atoms with Crippen molar-refractivity contribution < 1.29 is 4.79 Å². The van der Waals surface area contributed by atoms with Crippen LogP contribution in [0.2, 0.25) is 5.02 Å². The summed E-state index contributed by atoms with van der Waals surface area (Å²) in [7, 11) is 0. The van der Waals surface area contributed by atoms with E-state index in [0.717, 1.165) is 5.56 Å². The number of hydrogen-bond donors (Lipinski definition) is 0. The number of rotatable bonds is 2. The van der Waals surface area contributed by atoms with Crippen molar-refractivity contribution in [3.05, 3.63) is 58.6 Å². The van der Waals surface area contributed by atoms with E-state index < -0.39 is 0 Å². The molecule has 16 heavy (non-hydrogen) atoms. The van der Waals surface area contributed by atoms with Gasteiger partial charge in [0.15, 0.2) is 5.78 Å². The Labute approximate surface area is 98.1 Å². The molecule has 80 valence electrons. The first-order valence-corrected chi connectivity index (χ1v) is 5.12. The summed E-state index contributed by atoms with van der Waals surface area (Å²) < 4.78 is 0. The number of ketones is 1. The molecule has 0 atom stereocenters. The third kappa shape index (κ3) is 2.09. The molecule has 0 saturated heterocycles. The highest BCUT2D eigenvalue weighted by atomic mass is 35.5. The van der Waals surface area contributed by atoms with Crippen LogP contribution in [-0.2, 0) is 0 Å². The van der Waals surface area contributed by atoms with Crippen molar-refractivity contribution in [1.82, 2.24) is 9.97 Å². The van der Waals surface area contributed by atoms with Crippen molar-refractivity contribution >= 4 is 17.4 Å². The molecular weight excluding hydrogens is 224 g/mol. The number of aryl methyl sites for hydroxylation is 1. The first-order valence-electron chi connectivity index (χ1n) is 4.74. The summed E-state index contributed by atoms with van der Waals surface area (Å²) in [6.45, 7) is 1.86. The first kappa shape index (κ1) is 10.8. The monoisotopic (exact) mass is 232 g/mol. The number of halogens is 1. The minimum atomic E-state index is -0.0969. The average Bonchev–Trinajstić information content (AvgIpc) is 2.33. The Bertz CT molecular complexity index is 526. The molecule has 0 bridgehead atoms. The summed E-state index contributed by atoms with van der Waals surface area (Å²) in [5.41, 5.74) is 1.95. The predicted octanol–water partition coefficient (Wildman–Crippen LogP) is 2.67. The zero-order valence-electron chi connectivity index (χ0n) is 8.64. The molecule has 2 aromatic rings. The van der Waals surface area contributed by atoms with E-state index in [-0.39, 0.29) is 5.78 Å². The maximum absolute atomic E-state index is 12.0. The molecule has 0 aliphatic heterocycles. The molecule has 0 saturated carbocycles. The fourth-order valence-electron chi connectivity index (χ4n) is 1.37. The van der Waals surface area contributed by atoms with E-state index in [0.29, 0.717) is 16.1 Å². The minimum Gasteiger partial charge on any atom is -0.288 e. The fraction of sp³-hybridized carbons (Fsp3) is 0.0833. The molecule has 4 heteroatoms. The summed E-state index contributed by atoms with van der Waals surface area (Å²) in [5.74, 6) is -0.0969. The molecule has 0 aliphatic rings. The highest BCUT2D eigenvalue weighted by Gasteiger charge is 2.10. The molecule has 0 amide bonds. The van der Waals surface area contributed by atoms with Gasteiger partial charge in [-0.05, 0) is 30.7 Å². The molecule has 0 unspecified atom stereocenters. The largest absolute Gasteiger partial charge is 0.288 e.